The average molecular weight is 282 g/mol. The Hall–Kier alpha value is -0.940. The van der Waals surface area contributed by atoms with Crippen molar-refractivity contribution >= 4 is 21.6 Å². The third-order valence-corrected chi connectivity index (χ3v) is 3.42. The minimum absolute atomic E-state index is 0.542. The fourth-order valence-corrected chi connectivity index (χ4v) is 2.46. The van der Waals surface area contributed by atoms with Gasteiger partial charge in [-0.25, -0.2) is 9.50 Å². The van der Waals surface area contributed by atoms with Crippen LogP contribution in [0.25, 0.3) is 5.65 Å². The minimum Gasteiger partial charge on any atom is -0.381 e. The van der Waals surface area contributed by atoms with Crippen molar-refractivity contribution in [2.75, 3.05) is 13.2 Å². The zero-order valence-corrected chi connectivity index (χ0v) is 10.4. The molecule has 3 heterocycles. The Labute approximate surface area is 102 Å². The number of hydrogen-bond donors (Lipinski definition) is 0. The summed E-state index contributed by atoms with van der Waals surface area (Å²) in [7, 11) is 0. The van der Waals surface area contributed by atoms with Gasteiger partial charge in [0.05, 0.1) is 10.7 Å². The predicted octanol–water partition coefficient (Wildman–Crippen LogP) is 2.39. The molecule has 16 heavy (non-hydrogen) atoms. The van der Waals surface area contributed by atoms with Gasteiger partial charge < -0.3 is 4.74 Å². The van der Waals surface area contributed by atoms with Crippen LogP contribution >= 0.6 is 15.9 Å². The summed E-state index contributed by atoms with van der Waals surface area (Å²) < 4.78 is 8.15. The number of halogens is 1. The van der Waals surface area contributed by atoms with E-state index < -0.39 is 0 Å². The van der Waals surface area contributed by atoms with Gasteiger partial charge in [-0.2, -0.15) is 5.10 Å². The third-order valence-electron chi connectivity index (χ3n) is 3.01. The largest absolute Gasteiger partial charge is 0.381 e. The molecule has 0 aromatic carbocycles. The molecule has 0 radical (unpaired) electrons. The van der Waals surface area contributed by atoms with Gasteiger partial charge in [-0.05, 0) is 34.7 Å². The highest BCUT2D eigenvalue weighted by molar-refractivity contribution is 9.10. The molecule has 1 fully saturated rings. The van der Waals surface area contributed by atoms with Gasteiger partial charge in [0.1, 0.15) is 0 Å². The maximum absolute atomic E-state index is 5.37. The van der Waals surface area contributed by atoms with Crippen LogP contribution in [0.2, 0.25) is 0 Å². The predicted molar refractivity (Wildman–Crippen MR) is 63.5 cm³/mol. The van der Waals surface area contributed by atoms with Crippen molar-refractivity contribution in [2.24, 2.45) is 0 Å². The monoisotopic (exact) mass is 281 g/mol. The minimum atomic E-state index is 0.542. The Morgan fingerprint density at radius 2 is 2.12 bits per heavy atom. The second-order valence-corrected chi connectivity index (χ2v) is 4.94. The van der Waals surface area contributed by atoms with Crippen LogP contribution in [0.1, 0.15) is 24.3 Å². The fourth-order valence-electron chi connectivity index (χ4n) is 2.17. The molecule has 0 spiro atoms. The summed E-state index contributed by atoms with van der Waals surface area (Å²) in [6.07, 6.45) is 7.83. The van der Waals surface area contributed by atoms with Crippen molar-refractivity contribution in [3.63, 3.8) is 0 Å². The highest BCUT2D eigenvalue weighted by atomic mass is 79.9. The molecule has 2 aromatic rings. The molecule has 0 unspecified atom stereocenters. The van der Waals surface area contributed by atoms with E-state index in [1.54, 1.807) is 0 Å². The molecule has 4 nitrogen and oxygen atoms in total. The molecule has 1 saturated heterocycles. The maximum Gasteiger partial charge on any atom is 0.158 e. The molecule has 1 aliphatic heterocycles. The Bertz CT molecular complexity index is 505. The van der Waals surface area contributed by atoms with E-state index in [0.717, 1.165) is 36.2 Å². The zero-order chi connectivity index (χ0) is 11.0. The molecule has 0 saturated carbocycles. The van der Waals surface area contributed by atoms with Gasteiger partial charge in [0, 0.05) is 31.2 Å². The maximum atomic E-state index is 5.37. The lowest BCUT2D eigenvalue weighted by Gasteiger charge is -2.20. The first-order valence-corrected chi connectivity index (χ1v) is 6.20. The number of nitrogens with zero attached hydrogens (tertiary/aromatic N) is 3. The average Bonchev–Trinajstić information content (AvgIpc) is 2.73. The van der Waals surface area contributed by atoms with E-state index in [4.69, 9.17) is 4.74 Å². The first-order chi connectivity index (χ1) is 7.84. The van der Waals surface area contributed by atoms with Crippen LogP contribution < -0.4 is 0 Å². The lowest BCUT2D eigenvalue weighted by Crippen LogP contribution is -2.14. The molecule has 84 valence electrons. The fraction of sp³-hybridized carbons (Fsp3) is 0.455. The van der Waals surface area contributed by atoms with Crippen LogP contribution in [-0.2, 0) is 4.74 Å². The van der Waals surface area contributed by atoms with Gasteiger partial charge in [0.2, 0.25) is 0 Å². The molecule has 0 amide bonds. The summed E-state index contributed by atoms with van der Waals surface area (Å²) in [5.74, 6) is 0.542. The van der Waals surface area contributed by atoms with E-state index in [-0.39, 0.29) is 0 Å². The van der Waals surface area contributed by atoms with Crippen LogP contribution in [0.5, 0.6) is 0 Å². The lowest BCUT2D eigenvalue weighted by atomic mass is 9.94. The van der Waals surface area contributed by atoms with Crippen LogP contribution in [0.4, 0.5) is 0 Å². The molecule has 0 atom stereocenters. The second kappa shape index (κ2) is 4.14. The SMILES string of the molecule is Brc1cnc2c(C3CCOCC3)cnn2c1. The van der Waals surface area contributed by atoms with Crippen LogP contribution in [0.15, 0.2) is 23.1 Å². The smallest absolute Gasteiger partial charge is 0.158 e. The number of fused-ring (bicyclic) bond motifs is 1. The standard InChI is InChI=1S/C11H12BrN3O/c12-9-5-13-11-10(6-14-15(11)7-9)8-1-3-16-4-2-8/h5-8H,1-4H2. The van der Waals surface area contributed by atoms with Crippen molar-refractivity contribution in [3.05, 3.63) is 28.6 Å². The summed E-state index contributed by atoms with van der Waals surface area (Å²) >= 11 is 3.39. The number of aromatic nitrogens is 3. The highest BCUT2D eigenvalue weighted by Crippen LogP contribution is 2.29. The summed E-state index contributed by atoms with van der Waals surface area (Å²) in [6, 6.07) is 0. The van der Waals surface area contributed by atoms with Gasteiger partial charge in [0.15, 0.2) is 5.65 Å². The molecule has 0 bridgehead atoms. The summed E-state index contributed by atoms with van der Waals surface area (Å²) in [5.41, 5.74) is 2.21. The topological polar surface area (TPSA) is 39.4 Å². The molecular weight excluding hydrogens is 270 g/mol. The summed E-state index contributed by atoms with van der Waals surface area (Å²) in [5, 5.41) is 4.34. The van der Waals surface area contributed by atoms with Crippen LogP contribution in [0.3, 0.4) is 0 Å². The summed E-state index contributed by atoms with van der Waals surface area (Å²) in [6.45, 7) is 1.69. The van der Waals surface area contributed by atoms with Gasteiger partial charge in [-0.15, -0.1) is 0 Å². The lowest BCUT2D eigenvalue weighted by molar-refractivity contribution is 0.0855. The van der Waals surface area contributed by atoms with Gasteiger partial charge in [-0.3, -0.25) is 0 Å². The van der Waals surface area contributed by atoms with E-state index in [1.807, 2.05) is 23.1 Å². The Morgan fingerprint density at radius 3 is 2.94 bits per heavy atom. The quantitative estimate of drug-likeness (QED) is 0.806. The van der Waals surface area contributed by atoms with Gasteiger partial charge >= 0.3 is 0 Å². The van der Waals surface area contributed by atoms with Crippen molar-refractivity contribution in [2.45, 2.75) is 18.8 Å². The molecule has 5 heteroatoms. The van der Waals surface area contributed by atoms with E-state index in [2.05, 4.69) is 26.0 Å². The van der Waals surface area contributed by atoms with E-state index >= 15 is 0 Å². The molecule has 0 N–H and O–H groups in total. The Balaban J connectivity index is 2.03. The van der Waals surface area contributed by atoms with E-state index in [9.17, 15) is 0 Å². The Morgan fingerprint density at radius 1 is 1.31 bits per heavy atom. The first-order valence-electron chi connectivity index (χ1n) is 5.41. The van der Waals surface area contributed by atoms with E-state index in [1.165, 1.54) is 5.56 Å². The molecule has 0 aliphatic carbocycles. The second-order valence-electron chi connectivity index (χ2n) is 4.03. The normalized spacial score (nSPS) is 18.1. The third kappa shape index (κ3) is 1.74. The van der Waals surface area contributed by atoms with Gasteiger partial charge in [-0.1, -0.05) is 0 Å². The molecular formula is C11H12BrN3O. The van der Waals surface area contributed by atoms with Crippen LogP contribution in [0, 0.1) is 0 Å². The number of rotatable bonds is 1. The van der Waals surface area contributed by atoms with E-state index in [0.29, 0.717) is 5.92 Å². The molecule has 1 aliphatic rings. The van der Waals surface area contributed by atoms with Crippen molar-refractivity contribution in [1.29, 1.82) is 0 Å². The molecule has 3 rings (SSSR count). The Kier molecular flexibility index (Phi) is 2.65. The van der Waals surface area contributed by atoms with Crippen LogP contribution in [-0.4, -0.2) is 27.8 Å². The molecule has 2 aromatic heterocycles. The highest BCUT2D eigenvalue weighted by Gasteiger charge is 2.20. The zero-order valence-electron chi connectivity index (χ0n) is 8.77. The van der Waals surface area contributed by atoms with Crippen molar-refractivity contribution < 1.29 is 4.74 Å². The number of ether oxygens (including phenoxy) is 1. The van der Waals surface area contributed by atoms with Crippen molar-refractivity contribution in [1.82, 2.24) is 14.6 Å². The summed E-state index contributed by atoms with van der Waals surface area (Å²) in [4.78, 5) is 4.43. The van der Waals surface area contributed by atoms with Gasteiger partial charge in [0.25, 0.3) is 0 Å². The number of hydrogen-bond acceptors (Lipinski definition) is 3. The van der Waals surface area contributed by atoms with Crippen molar-refractivity contribution in [3.8, 4) is 0 Å². The first kappa shape index (κ1) is 10.2.